The Morgan fingerprint density at radius 1 is 1.30 bits per heavy atom. The molecule has 1 heterocycles. The first-order chi connectivity index (χ1) is 11.0. The minimum Gasteiger partial charge on any atom is -0.352 e. The predicted molar refractivity (Wildman–Crippen MR) is 89.5 cm³/mol. The normalized spacial score (nSPS) is 30.8. The number of hydrogen-bond donors (Lipinski definition) is 3. The molecule has 4 N–H and O–H groups in total. The molecule has 8 heteroatoms. The summed E-state index contributed by atoms with van der Waals surface area (Å²) in [5.41, 5.74) is 6.08. The number of hydrogen-bond acceptors (Lipinski definition) is 5. The molecule has 2 saturated carbocycles. The average molecular weight is 358 g/mol. The van der Waals surface area contributed by atoms with E-state index in [1.807, 2.05) is 0 Å². The van der Waals surface area contributed by atoms with E-state index in [9.17, 15) is 13.2 Å². The fraction of sp³-hybridized carbons (Fsp3) is 0.667. The lowest BCUT2D eigenvalue weighted by atomic mass is 9.67. The molecule has 0 saturated heterocycles. The Balaban J connectivity index is 1.55. The summed E-state index contributed by atoms with van der Waals surface area (Å²) < 4.78 is 26.7. The van der Waals surface area contributed by atoms with E-state index in [0.29, 0.717) is 11.8 Å². The first-order valence-electron chi connectivity index (χ1n) is 8.04. The van der Waals surface area contributed by atoms with E-state index in [-0.39, 0.29) is 28.7 Å². The van der Waals surface area contributed by atoms with Gasteiger partial charge < -0.3 is 11.1 Å². The number of carbonyl (C=O) groups is 1. The molecule has 0 aliphatic heterocycles. The molecule has 2 aliphatic carbocycles. The van der Waals surface area contributed by atoms with Crippen LogP contribution in [0.1, 0.15) is 32.1 Å². The van der Waals surface area contributed by atoms with Crippen molar-refractivity contribution in [3.63, 3.8) is 0 Å². The second-order valence-corrected chi connectivity index (χ2v) is 9.47. The van der Waals surface area contributed by atoms with Crippen LogP contribution in [0.4, 0.5) is 0 Å². The molecule has 6 nitrogen and oxygen atoms in total. The summed E-state index contributed by atoms with van der Waals surface area (Å²) in [5, 5.41) is 4.74. The van der Waals surface area contributed by atoms with Gasteiger partial charge in [-0.2, -0.15) is 0 Å². The third-order valence-corrected chi connectivity index (χ3v) is 7.69. The van der Waals surface area contributed by atoms with E-state index in [4.69, 9.17) is 5.73 Å². The minimum absolute atomic E-state index is 0.141. The molecule has 1 amide bonds. The van der Waals surface area contributed by atoms with E-state index in [0.717, 1.165) is 37.0 Å². The molecule has 128 valence electrons. The van der Waals surface area contributed by atoms with Crippen LogP contribution in [0.5, 0.6) is 0 Å². The molecule has 0 radical (unpaired) electrons. The zero-order chi connectivity index (χ0) is 16.4. The average Bonchev–Trinajstić information content (AvgIpc) is 3.01. The fourth-order valence-electron chi connectivity index (χ4n) is 3.91. The maximum absolute atomic E-state index is 12.2. The minimum atomic E-state index is -3.59. The van der Waals surface area contributed by atoms with Crippen molar-refractivity contribution in [3.8, 4) is 0 Å². The molecular formula is C15H23N3O3S2. The van der Waals surface area contributed by atoms with Crippen molar-refractivity contribution in [2.45, 2.75) is 48.4 Å². The molecule has 2 fully saturated rings. The van der Waals surface area contributed by atoms with Crippen molar-refractivity contribution in [3.05, 3.63) is 17.5 Å². The summed E-state index contributed by atoms with van der Waals surface area (Å²) in [6.07, 6.45) is 5.27. The number of amides is 1. The van der Waals surface area contributed by atoms with Gasteiger partial charge in [-0.25, -0.2) is 13.1 Å². The van der Waals surface area contributed by atoms with Crippen LogP contribution in [0.2, 0.25) is 0 Å². The zero-order valence-electron chi connectivity index (χ0n) is 12.9. The topological polar surface area (TPSA) is 101 Å². The van der Waals surface area contributed by atoms with Crippen LogP contribution in [-0.2, 0) is 14.8 Å². The maximum Gasteiger partial charge on any atom is 0.250 e. The van der Waals surface area contributed by atoms with Gasteiger partial charge in [0.05, 0.1) is 6.54 Å². The van der Waals surface area contributed by atoms with Crippen LogP contribution >= 0.6 is 11.3 Å². The van der Waals surface area contributed by atoms with Gasteiger partial charge in [0.1, 0.15) is 4.21 Å². The highest BCUT2D eigenvalue weighted by Crippen LogP contribution is 2.39. The maximum atomic E-state index is 12.2. The first kappa shape index (κ1) is 16.9. The van der Waals surface area contributed by atoms with Gasteiger partial charge in [-0.15, -0.1) is 11.3 Å². The number of thiophene rings is 1. The quantitative estimate of drug-likeness (QED) is 0.733. The number of nitrogens with one attached hydrogen (secondary N) is 2. The standard InChI is InChI=1S/C15H23N3O3S2/c16-12-7-10-3-1-4-11(8-12)15(10)18-13(19)9-17-23(20,21)14-5-2-6-22-14/h2,5-6,10-12,15,17H,1,3-4,7-9,16H2,(H,18,19). The summed E-state index contributed by atoms with van der Waals surface area (Å²) in [6.45, 7) is -0.220. The lowest BCUT2D eigenvalue weighted by Gasteiger charge is -2.45. The molecule has 2 atom stereocenters. The number of nitrogens with two attached hydrogens (primary N) is 1. The van der Waals surface area contributed by atoms with Crippen molar-refractivity contribution >= 4 is 27.3 Å². The number of sulfonamides is 1. The fourth-order valence-corrected chi connectivity index (χ4v) is 5.93. The Hall–Kier alpha value is -0.960. The van der Waals surface area contributed by atoms with Gasteiger partial charge >= 0.3 is 0 Å². The van der Waals surface area contributed by atoms with Crippen LogP contribution in [0, 0.1) is 11.8 Å². The monoisotopic (exact) mass is 357 g/mol. The van der Waals surface area contributed by atoms with Gasteiger partial charge in [0.2, 0.25) is 5.91 Å². The van der Waals surface area contributed by atoms with E-state index >= 15 is 0 Å². The smallest absolute Gasteiger partial charge is 0.250 e. The van der Waals surface area contributed by atoms with Crippen molar-refractivity contribution in [1.29, 1.82) is 0 Å². The van der Waals surface area contributed by atoms with Crippen molar-refractivity contribution < 1.29 is 13.2 Å². The zero-order valence-corrected chi connectivity index (χ0v) is 14.5. The molecule has 0 spiro atoms. The van der Waals surface area contributed by atoms with Crippen LogP contribution < -0.4 is 15.8 Å². The number of rotatable bonds is 5. The summed E-state index contributed by atoms with van der Waals surface area (Å²) in [5.74, 6) is 0.591. The molecule has 2 aliphatic rings. The van der Waals surface area contributed by atoms with E-state index < -0.39 is 10.0 Å². The second-order valence-electron chi connectivity index (χ2n) is 6.53. The van der Waals surface area contributed by atoms with Crippen LogP contribution in [-0.4, -0.2) is 33.0 Å². The number of fused-ring (bicyclic) bond motifs is 2. The molecule has 2 unspecified atom stereocenters. The van der Waals surface area contributed by atoms with Crippen molar-refractivity contribution in [2.24, 2.45) is 17.6 Å². The predicted octanol–water partition coefficient (Wildman–Crippen LogP) is 1.05. The Labute approximate surface area is 140 Å². The Morgan fingerprint density at radius 2 is 2.00 bits per heavy atom. The van der Waals surface area contributed by atoms with Gasteiger partial charge in [0.15, 0.2) is 0 Å². The summed E-state index contributed by atoms with van der Waals surface area (Å²) in [7, 11) is -3.59. The molecular weight excluding hydrogens is 334 g/mol. The molecule has 23 heavy (non-hydrogen) atoms. The highest BCUT2D eigenvalue weighted by Gasteiger charge is 2.39. The molecule has 1 aromatic rings. The third-order valence-electron chi connectivity index (χ3n) is 4.89. The Bertz CT molecular complexity index is 631. The van der Waals surface area contributed by atoms with Gasteiger partial charge in [0.25, 0.3) is 10.0 Å². The molecule has 3 rings (SSSR count). The Morgan fingerprint density at radius 3 is 2.61 bits per heavy atom. The number of carbonyl (C=O) groups excluding carboxylic acids is 1. The molecule has 0 aromatic carbocycles. The lowest BCUT2D eigenvalue weighted by Crippen LogP contribution is -2.55. The van der Waals surface area contributed by atoms with E-state index in [1.165, 1.54) is 12.5 Å². The van der Waals surface area contributed by atoms with Gasteiger partial charge in [0, 0.05) is 12.1 Å². The van der Waals surface area contributed by atoms with Crippen LogP contribution in [0.25, 0.3) is 0 Å². The van der Waals surface area contributed by atoms with Crippen molar-refractivity contribution in [2.75, 3.05) is 6.54 Å². The van der Waals surface area contributed by atoms with Crippen LogP contribution in [0.3, 0.4) is 0 Å². The first-order valence-corrected chi connectivity index (χ1v) is 10.4. The Kier molecular flexibility index (Phi) is 5.05. The summed E-state index contributed by atoms with van der Waals surface area (Å²) in [4.78, 5) is 12.2. The van der Waals surface area contributed by atoms with Crippen molar-refractivity contribution in [1.82, 2.24) is 10.0 Å². The van der Waals surface area contributed by atoms with Crippen LogP contribution in [0.15, 0.2) is 21.7 Å². The van der Waals surface area contributed by atoms with Gasteiger partial charge in [-0.3, -0.25) is 4.79 Å². The van der Waals surface area contributed by atoms with Gasteiger partial charge in [-0.05, 0) is 49.0 Å². The molecule has 2 bridgehead atoms. The summed E-state index contributed by atoms with van der Waals surface area (Å²) >= 11 is 1.13. The second kappa shape index (κ2) is 6.88. The third kappa shape index (κ3) is 3.93. The molecule has 1 aromatic heterocycles. The lowest BCUT2D eigenvalue weighted by molar-refractivity contribution is -0.122. The van der Waals surface area contributed by atoms with E-state index in [2.05, 4.69) is 10.0 Å². The highest BCUT2D eigenvalue weighted by atomic mass is 32.2. The van der Waals surface area contributed by atoms with E-state index in [1.54, 1.807) is 11.4 Å². The summed E-state index contributed by atoms with van der Waals surface area (Å²) in [6, 6.07) is 3.57. The SMILES string of the molecule is NC1CC2CCCC(C1)C2NC(=O)CNS(=O)(=O)c1cccs1. The highest BCUT2D eigenvalue weighted by molar-refractivity contribution is 7.91. The van der Waals surface area contributed by atoms with Gasteiger partial charge in [-0.1, -0.05) is 12.5 Å². The largest absolute Gasteiger partial charge is 0.352 e.